The molecule has 1 aromatic carbocycles. The van der Waals surface area contributed by atoms with Gasteiger partial charge in [-0.05, 0) is 79.0 Å². The Bertz CT molecular complexity index is 617. The lowest BCUT2D eigenvalue weighted by Crippen LogP contribution is -2.12. The highest BCUT2D eigenvalue weighted by atomic mass is 79.9. The number of rotatable bonds is 3. The molecule has 0 bridgehead atoms. The molecule has 0 radical (unpaired) electrons. The molecule has 0 saturated heterocycles. The molecule has 2 rings (SSSR count). The third-order valence-corrected chi connectivity index (χ3v) is 4.01. The minimum Gasteiger partial charge on any atom is -0.377 e. The van der Waals surface area contributed by atoms with E-state index in [0.29, 0.717) is 0 Å². The van der Waals surface area contributed by atoms with Crippen molar-refractivity contribution in [2.24, 2.45) is 0 Å². The van der Waals surface area contributed by atoms with Gasteiger partial charge in [0.15, 0.2) is 0 Å². The lowest BCUT2D eigenvalue weighted by molar-refractivity contribution is 0.627. The van der Waals surface area contributed by atoms with Crippen molar-refractivity contribution in [3.05, 3.63) is 57.1 Å². The van der Waals surface area contributed by atoms with Crippen LogP contribution in [0.15, 0.2) is 28.7 Å². The van der Waals surface area contributed by atoms with Gasteiger partial charge in [-0.1, -0.05) is 0 Å². The van der Waals surface area contributed by atoms with Gasteiger partial charge < -0.3 is 5.32 Å². The zero-order valence-electron chi connectivity index (χ0n) is 12.1. The van der Waals surface area contributed by atoms with E-state index in [1.54, 1.807) is 6.07 Å². The highest BCUT2D eigenvalue weighted by Gasteiger charge is 2.14. The van der Waals surface area contributed by atoms with Crippen LogP contribution in [0.3, 0.4) is 0 Å². The number of benzene rings is 1. The van der Waals surface area contributed by atoms with Crippen LogP contribution >= 0.6 is 15.9 Å². The molecule has 1 N–H and O–H groups in total. The summed E-state index contributed by atoms with van der Waals surface area (Å²) in [5, 5.41) is 3.34. The number of hydrogen-bond acceptors (Lipinski definition) is 2. The van der Waals surface area contributed by atoms with Crippen LogP contribution in [0.25, 0.3) is 0 Å². The summed E-state index contributed by atoms with van der Waals surface area (Å²) in [4.78, 5) is 4.51. The highest BCUT2D eigenvalue weighted by Crippen LogP contribution is 2.29. The fourth-order valence-corrected chi connectivity index (χ4v) is 2.96. The normalized spacial score (nSPS) is 12.3. The van der Waals surface area contributed by atoms with Crippen LogP contribution in [0.1, 0.15) is 35.5 Å². The van der Waals surface area contributed by atoms with Crippen molar-refractivity contribution in [3.63, 3.8) is 0 Å². The van der Waals surface area contributed by atoms with Crippen LogP contribution < -0.4 is 5.32 Å². The topological polar surface area (TPSA) is 24.9 Å². The summed E-state index contributed by atoms with van der Waals surface area (Å²) in [6, 6.07) is 6.76. The van der Waals surface area contributed by atoms with Gasteiger partial charge in [0.05, 0.1) is 11.7 Å². The Hall–Kier alpha value is -1.42. The molecule has 0 amide bonds. The standard InChI is InChI=1S/C16H18BrFN2/c1-9-7-10(2)19-11(3)16(9)12(4)20-15-8-13(18)5-6-14(15)17/h5-8,12,20H,1-4H3. The minimum atomic E-state index is -0.252. The number of anilines is 1. The summed E-state index contributed by atoms with van der Waals surface area (Å²) in [5.74, 6) is -0.252. The van der Waals surface area contributed by atoms with Gasteiger partial charge in [-0.3, -0.25) is 4.98 Å². The van der Waals surface area contributed by atoms with Gasteiger partial charge in [0.25, 0.3) is 0 Å². The monoisotopic (exact) mass is 336 g/mol. The quantitative estimate of drug-likeness (QED) is 0.845. The number of nitrogens with one attached hydrogen (secondary N) is 1. The van der Waals surface area contributed by atoms with Crippen LogP contribution in [0.2, 0.25) is 0 Å². The summed E-state index contributed by atoms with van der Waals surface area (Å²) < 4.78 is 14.2. The number of hydrogen-bond donors (Lipinski definition) is 1. The molecule has 2 nitrogen and oxygen atoms in total. The van der Waals surface area contributed by atoms with Gasteiger partial charge >= 0.3 is 0 Å². The van der Waals surface area contributed by atoms with Crippen LogP contribution in [0, 0.1) is 26.6 Å². The molecule has 0 aliphatic carbocycles. The fraction of sp³-hybridized carbons (Fsp3) is 0.312. The first-order valence-corrected chi connectivity index (χ1v) is 7.34. The van der Waals surface area contributed by atoms with E-state index in [2.05, 4.69) is 46.1 Å². The van der Waals surface area contributed by atoms with Crippen LogP contribution in [-0.2, 0) is 0 Å². The maximum atomic E-state index is 13.3. The molecule has 1 heterocycles. The van der Waals surface area contributed by atoms with Gasteiger partial charge in [-0.15, -0.1) is 0 Å². The molecule has 1 aromatic heterocycles. The molecular weight excluding hydrogens is 319 g/mol. The average molecular weight is 337 g/mol. The van der Waals surface area contributed by atoms with Crippen molar-refractivity contribution < 1.29 is 4.39 Å². The maximum Gasteiger partial charge on any atom is 0.125 e. The average Bonchev–Trinajstić information content (AvgIpc) is 2.32. The summed E-state index contributed by atoms with van der Waals surface area (Å²) in [5.41, 5.74) is 5.13. The number of aryl methyl sites for hydroxylation is 3. The van der Waals surface area contributed by atoms with E-state index in [-0.39, 0.29) is 11.9 Å². The zero-order chi connectivity index (χ0) is 14.9. The van der Waals surface area contributed by atoms with Crippen LogP contribution in [0.5, 0.6) is 0 Å². The Morgan fingerprint density at radius 1 is 1.20 bits per heavy atom. The maximum absolute atomic E-state index is 13.3. The molecule has 1 atom stereocenters. The van der Waals surface area contributed by atoms with Crippen molar-refractivity contribution in [1.29, 1.82) is 0 Å². The number of nitrogens with zero attached hydrogens (tertiary/aromatic N) is 1. The lowest BCUT2D eigenvalue weighted by Gasteiger charge is -2.21. The van der Waals surface area contributed by atoms with Gasteiger partial charge in [0.1, 0.15) is 5.82 Å². The Kier molecular flexibility index (Phi) is 4.43. The first kappa shape index (κ1) is 15.0. The second kappa shape index (κ2) is 5.92. The van der Waals surface area contributed by atoms with Crippen molar-refractivity contribution >= 4 is 21.6 Å². The van der Waals surface area contributed by atoms with Crippen molar-refractivity contribution in [2.45, 2.75) is 33.7 Å². The van der Waals surface area contributed by atoms with Gasteiger partial charge in [-0.2, -0.15) is 0 Å². The molecular formula is C16H18BrFN2. The Labute approximate surface area is 127 Å². The second-order valence-electron chi connectivity index (χ2n) is 5.07. The van der Waals surface area contributed by atoms with E-state index in [1.165, 1.54) is 17.7 Å². The van der Waals surface area contributed by atoms with Crippen molar-refractivity contribution in [2.75, 3.05) is 5.32 Å². The Morgan fingerprint density at radius 3 is 2.55 bits per heavy atom. The van der Waals surface area contributed by atoms with E-state index in [0.717, 1.165) is 27.1 Å². The lowest BCUT2D eigenvalue weighted by atomic mass is 10.00. The van der Waals surface area contributed by atoms with E-state index in [9.17, 15) is 4.39 Å². The zero-order valence-corrected chi connectivity index (χ0v) is 13.7. The predicted octanol–water partition coefficient (Wildman–Crippen LogP) is 5.08. The summed E-state index contributed by atoms with van der Waals surface area (Å²) in [6.07, 6.45) is 0. The molecule has 2 aromatic rings. The summed E-state index contributed by atoms with van der Waals surface area (Å²) in [6.45, 7) is 8.14. The summed E-state index contributed by atoms with van der Waals surface area (Å²) >= 11 is 3.44. The SMILES string of the molecule is Cc1cc(C)c(C(C)Nc2cc(F)ccc2Br)c(C)n1. The van der Waals surface area contributed by atoms with E-state index in [4.69, 9.17) is 0 Å². The van der Waals surface area contributed by atoms with Crippen molar-refractivity contribution in [3.8, 4) is 0 Å². The molecule has 0 aliphatic rings. The van der Waals surface area contributed by atoms with E-state index < -0.39 is 0 Å². The summed E-state index contributed by atoms with van der Waals surface area (Å²) in [7, 11) is 0. The molecule has 20 heavy (non-hydrogen) atoms. The first-order chi connectivity index (χ1) is 9.38. The highest BCUT2D eigenvalue weighted by molar-refractivity contribution is 9.10. The van der Waals surface area contributed by atoms with E-state index in [1.807, 2.05) is 13.8 Å². The minimum absolute atomic E-state index is 0.0567. The molecule has 1 unspecified atom stereocenters. The fourth-order valence-electron chi connectivity index (χ4n) is 2.60. The molecule has 106 valence electrons. The third kappa shape index (κ3) is 3.18. The van der Waals surface area contributed by atoms with Gasteiger partial charge in [-0.25, -0.2) is 4.39 Å². The third-order valence-electron chi connectivity index (χ3n) is 3.32. The molecule has 0 saturated carbocycles. The van der Waals surface area contributed by atoms with Gasteiger partial charge in [0.2, 0.25) is 0 Å². The number of pyridine rings is 1. The van der Waals surface area contributed by atoms with Crippen LogP contribution in [-0.4, -0.2) is 4.98 Å². The molecule has 0 spiro atoms. The molecule has 0 fully saturated rings. The Balaban J connectivity index is 2.33. The Morgan fingerprint density at radius 2 is 1.90 bits per heavy atom. The predicted molar refractivity (Wildman–Crippen MR) is 84.6 cm³/mol. The largest absolute Gasteiger partial charge is 0.377 e. The molecule has 0 aliphatic heterocycles. The first-order valence-electron chi connectivity index (χ1n) is 6.55. The van der Waals surface area contributed by atoms with Crippen LogP contribution in [0.4, 0.5) is 10.1 Å². The van der Waals surface area contributed by atoms with E-state index >= 15 is 0 Å². The number of halogens is 2. The second-order valence-corrected chi connectivity index (χ2v) is 5.92. The van der Waals surface area contributed by atoms with Gasteiger partial charge in [0, 0.05) is 15.9 Å². The molecule has 4 heteroatoms. The number of aromatic nitrogens is 1. The van der Waals surface area contributed by atoms with Crippen molar-refractivity contribution in [1.82, 2.24) is 4.98 Å². The smallest absolute Gasteiger partial charge is 0.125 e.